The van der Waals surface area contributed by atoms with Gasteiger partial charge in [-0.05, 0) is 49.2 Å². The lowest BCUT2D eigenvalue weighted by Crippen LogP contribution is -2.25. The summed E-state index contributed by atoms with van der Waals surface area (Å²) in [4.78, 5) is 34.2. The van der Waals surface area contributed by atoms with Crippen molar-refractivity contribution in [1.29, 1.82) is 0 Å². The number of carbonyl (C=O) groups is 1. The summed E-state index contributed by atoms with van der Waals surface area (Å²) in [6, 6.07) is 1.50. The second kappa shape index (κ2) is 11.1. The van der Waals surface area contributed by atoms with E-state index in [2.05, 4.69) is 30.5 Å². The van der Waals surface area contributed by atoms with Crippen LogP contribution in [0.25, 0.3) is 0 Å². The Balaban J connectivity index is 2.29. The zero-order valence-corrected chi connectivity index (χ0v) is 22.2. The minimum absolute atomic E-state index is 0.0911. The zero-order chi connectivity index (χ0) is 28.5. The second-order valence-electron chi connectivity index (χ2n) is 7.15. The number of benzene rings is 1. The standard InChI is InChI=1S/C18H16Cl2N8O8S2/c1-3-28-14(30)11(13(21)29)6(2)12(15(28)31)27-26-8-4-7(22-18-24-16(19)23-17(20)25-18)9(37(32)33)5-10(8)38(34,35)36/h4-5,30H,3H2,1-2H3,(H2,21,29)(H,32,33)(H,34,35,36)(H,22,23,24,25). The minimum Gasteiger partial charge on any atom is -0.494 e. The number of hydrogen-bond acceptors (Lipinski definition) is 12. The summed E-state index contributed by atoms with van der Waals surface area (Å²) in [7, 11) is -5.07. The third kappa shape index (κ3) is 5.95. The van der Waals surface area contributed by atoms with E-state index in [1.807, 2.05) is 0 Å². The highest BCUT2D eigenvalue weighted by molar-refractivity contribution is 7.86. The van der Waals surface area contributed by atoms with Gasteiger partial charge in [-0.15, -0.1) is 10.2 Å². The summed E-state index contributed by atoms with van der Waals surface area (Å²) in [5.41, 5.74) is 2.43. The highest BCUT2D eigenvalue weighted by atomic mass is 35.5. The highest BCUT2D eigenvalue weighted by Crippen LogP contribution is 2.35. The van der Waals surface area contributed by atoms with E-state index >= 15 is 0 Å². The van der Waals surface area contributed by atoms with E-state index < -0.39 is 65.3 Å². The lowest BCUT2D eigenvalue weighted by atomic mass is 10.1. The molecule has 0 bridgehead atoms. The Kier molecular flexibility index (Phi) is 8.44. The van der Waals surface area contributed by atoms with Gasteiger partial charge in [0.05, 0.1) is 10.6 Å². The molecular formula is C18H16Cl2N8O8S2. The smallest absolute Gasteiger partial charge is 0.296 e. The molecule has 6 N–H and O–H groups in total. The number of aromatic nitrogens is 4. The minimum atomic E-state index is -5.07. The van der Waals surface area contributed by atoms with Crippen LogP contribution in [-0.4, -0.2) is 52.3 Å². The fourth-order valence-corrected chi connectivity index (χ4v) is 4.78. The molecule has 1 unspecified atom stereocenters. The molecule has 1 atom stereocenters. The Labute approximate surface area is 225 Å². The van der Waals surface area contributed by atoms with E-state index in [0.29, 0.717) is 6.07 Å². The first-order valence-corrected chi connectivity index (χ1v) is 13.2. The lowest BCUT2D eigenvalue weighted by Gasteiger charge is -2.13. The lowest BCUT2D eigenvalue weighted by molar-refractivity contribution is 0.0995. The normalized spacial score (nSPS) is 12.6. The number of nitrogens with two attached hydrogens (primary N) is 1. The van der Waals surface area contributed by atoms with Crippen LogP contribution in [0, 0.1) is 6.92 Å². The van der Waals surface area contributed by atoms with Gasteiger partial charge < -0.3 is 20.7 Å². The summed E-state index contributed by atoms with van der Waals surface area (Å²) in [6.07, 6.45) is 0. The van der Waals surface area contributed by atoms with E-state index in [1.54, 1.807) is 0 Å². The quantitative estimate of drug-likeness (QED) is 0.141. The molecule has 20 heteroatoms. The maximum Gasteiger partial charge on any atom is 0.296 e. The van der Waals surface area contributed by atoms with Crippen LogP contribution in [0.5, 0.6) is 5.88 Å². The van der Waals surface area contributed by atoms with E-state index in [1.165, 1.54) is 13.8 Å². The molecular weight excluding hydrogens is 591 g/mol. The first-order chi connectivity index (χ1) is 17.6. The van der Waals surface area contributed by atoms with Crippen molar-refractivity contribution in [3.8, 4) is 5.88 Å². The maximum absolute atomic E-state index is 12.8. The molecule has 38 heavy (non-hydrogen) atoms. The number of amides is 1. The Morgan fingerprint density at radius 1 is 1.21 bits per heavy atom. The molecule has 202 valence electrons. The largest absolute Gasteiger partial charge is 0.494 e. The number of rotatable bonds is 8. The van der Waals surface area contributed by atoms with Crippen LogP contribution in [0.4, 0.5) is 23.0 Å². The van der Waals surface area contributed by atoms with Gasteiger partial charge in [-0.25, -0.2) is 4.21 Å². The van der Waals surface area contributed by atoms with Crippen LogP contribution < -0.4 is 16.6 Å². The number of nitrogens with zero attached hydrogens (tertiary/aromatic N) is 6. The van der Waals surface area contributed by atoms with Gasteiger partial charge in [-0.1, -0.05) is 0 Å². The fourth-order valence-electron chi connectivity index (χ4n) is 3.19. The number of azo groups is 1. The van der Waals surface area contributed by atoms with Crippen LogP contribution in [0.15, 0.2) is 36.9 Å². The molecule has 16 nitrogen and oxygen atoms in total. The van der Waals surface area contributed by atoms with Gasteiger partial charge in [-0.3, -0.25) is 18.7 Å². The van der Waals surface area contributed by atoms with Crippen molar-refractivity contribution in [3.63, 3.8) is 0 Å². The summed E-state index contributed by atoms with van der Waals surface area (Å²) < 4.78 is 56.2. The first-order valence-electron chi connectivity index (χ1n) is 9.94. The summed E-state index contributed by atoms with van der Waals surface area (Å²) in [5, 5.41) is 19.5. The molecule has 0 spiro atoms. The van der Waals surface area contributed by atoms with Crippen LogP contribution in [0.2, 0.25) is 10.6 Å². The van der Waals surface area contributed by atoms with Gasteiger partial charge in [-0.2, -0.15) is 23.4 Å². The Hall–Kier alpha value is -3.55. The van der Waals surface area contributed by atoms with Crippen molar-refractivity contribution in [2.45, 2.75) is 30.2 Å². The molecule has 0 saturated carbocycles. The summed E-state index contributed by atoms with van der Waals surface area (Å²) in [6.45, 7) is 2.65. The van der Waals surface area contributed by atoms with Gasteiger partial charge in [0.1, 0.15) is 16.1 Å². The van der Waals surface area contributed by atoms with Crippen molar-refractivity contribution in [1.82, 2.24) is 19.5 Å². The van der Waals surface area contributed by atoms with Crippen LogP contribution in [0.3, 0.4) is 0 Å². The summed E-state index contributed by atoms with van der Waals surface area (Å²) in [5.74, 6) is -2.08. The van der Waals surface area contributed by atoms with Crippen molar-refractivity contribution in [3.05, 3.63) is 44.2 Å². The first kappa shape index (κ1) is 29.0. The van der Waals surface area contributed by atoms with Crippen molar-refractivity contribution < 1.29 is 31.6 Å². The monoisotopic (exact) mass is 606 g/mol. The molecule has 0 radical (unpaired) electrons. The number of halogens is 2. The number of primary amides is 1. The number of anilines is 2. The zero-order valence-electron chi connectivity index (χ0n) is 19.1. The van der Waals surface area contributed by atoms with E-state index in [4.69, 9.17) is 28.9 Å². The predicted molar refractivity (Wildman–Crippen MR) is 134 cm³/mol. The predicted octanol–water partition coefficient (Wildman–Crippen LogP) is 2.46. The molecule has 2 aromatic heterocycles. The molecule has 2 heterocycles. The molecule has 0 fully saturated rings. The fraction of sp³-hybridized carbons (Fsp3) is 0.167. The molecule has 3 aromatic rings. The average molecular weight is 607 g/mol. The maximum atomic E-state index is 12.8. The molecule has 3 rings (SSSR count). The third-order valence-electron chi connectivity index (χ3n) is 4.83. The average Bonchev–Trinajstić information content (AvgIpc) is 2.77. The molecule has 1 amide bonds. The molecule has 0 saturated heterocycles. The SMILES string of the molecule is CCn1c(O)c(C(N)=O)c(C)c(N=Nc2cc(Nc3nc(Cl)nc(Cl)n3)c(S(=O)O)cc2S(=O)(=O)O)c1=O. The summed E-state index contributed by atoms with van der Waals surface area (Å²) >= 11 is 8.64. The van der Waals surface area contributed by atoms with Gasteiger partial charge in [0, 0.05) is 12.1 Å². The second-order valence-corrected chi connectivity index (χ2v) is 10.2. The number of hydrogen-bond donors (Lipinski definition) is 5. The van der Waals surface area contributed by atoms with Crippen LogP contribution in [-0.2, 0) is 27.7 Å². The van der Waals surface area contributed by atoms with E-state index in [9.17, 15) is 36.4 Å². The Morgan fingerprint density at radius 2 is 1.82 bits per heavy atom. The number of carbonyl (C=O) groups excluding carboxylic acids is 1. The van der Waals surface area contributed by atoms with Crippen LogP contribution in [0.1, 0.15) is 22.8 Å². The van der Waals surface area contributed by atoms with Crippen molar-refractivity contribution in [2.75, 3.05) is 5.32 Å². The van der Waals surface area contributed by atoms with E-state index in [0.717, 1.165) is 10.6 Å². The topological polar surface area (TPSA) is 252 Å². The molecule has 0 aliphatic carbocycles. The van der Waals surface area contributed by atoms with E-state index in [-0.39, 0.29) is 34.3 Å². The highest BCUT2D eigenvalue weighted by Gasteiger charge is 2.24. The Bertz CT molecular complexity index is 1670. The third-order valence-corrected chi connectivity index (χ3v) is 6.77. The van der Waals surface area contributed by atoms with Crippen molar-refractivity contribution in [2.24, 2.45) is 16.0 Å². The van der Waals surface area contributed by atoms with Gasteiger partial charge in [0.2, 0.25) is 22.4 Å². The molecule has 0 aliphatic rings. The number of aromatic hydroxyl groups is 1. The van der Waals surface area contributed by atoms with Crippen LogP contribution >= 0.6 is 23.2 Å². The molecule has 0 aliphatic heterocycles. The molecule has 1 aromatic carbocycles. The Morgan fingerprint density at radius 3 is 2.32 bits per heavy atom. The number of nitrogens with one attached hydrogen (secondary N) is 1. The van der Waals surface area contributed by atoms with Gasteiger partial charge in [0.25, 0.3) is 21.6 Å². The van der Waals surface area contributed by atoms with Gasteiger partial charge >= 0.3 is 0 Å². The number of pyridine rings is 1. The van der Waals surface area contributed by atoms with Crippen molar-refractivity contribution >= 4 is 73.3 Å². The van der Waals surface area contributed by atoms with Gasteiger partial charge in [0.15, 0.2) is 16.8 Å².